The maximum absolute atomic E-state index is 13.6. The number of hydrogen-bond donors (Lipinski definition) is 1. The van der Waals surface area contributed by atoms with E-state index < -0.39 is 27.6 Å². The molecule has 0 heterocycles. The minimum atomic E-state index is -3.49. The van der Waals surface area contributed by atoms with E-state index in [1.165, 1.54) is 19.2 Å². The Labute approximate surface area is 139 Å². The molecule has 0 spiro atoms. The summed E-state index contributed by atoms with van der Waals surface area (Å²) in [4.78, 5) is 12.2. The lowest BCUT2D eigenvalue weighted by Gasteiger charge is -2.19. The van der Waals surface area contributed by atoms with Gasteiger partial charge in [0.25, 0.3) is 5.91 Å². The molecule has 0 bridgehead atoms. The van der Waals surface area contributed by atoms with Crippen LogP contribution in [0.3, 0.4) is 0 Å². The van der Waals surface area contributed by atoms with Gasteiger partial charge in [0.2, 0.25) is 10.0 Å². The molecule has 1 amide bonds. The number of anilines is 2. The van der Waals surface area contributed by atoms with Gasteiger partial charge in [0, 0.05) is 18.7 Å². The van der Waals surface area contributed by atoms with Crippen molar-refractivity contribution in [1.82, 2.24) is 0 Å². The standard InChI is InChI=1S/C16H16F2N2O3S/c1-10-4-5-11(8-15(10)20(2)24(3,22)23)16(21)19-14-7-6-12(17)9-13(14)18/h4-9H,1-3H3,(H,19,21). The second kappa shape index (κ2) is 6.56. The van der Waals surface area contributed by atoms with Crippen LogP contribution in [-0.2, 0) is 10.0 Å². The number of halogens is 2. The van der Waals surface area contributed by atoms with Crippen LogP contribution in [0.1, 0.15) is 15.9 Å². The normalized spacial score (nSPS) is 11.2. The van der Waals surface area contributed by atoms with Crippen LogP contribution in [0.4, 0.5) is 20.2 Å². The van der Waals surface area contributed by atoms with E-state index in [-0.39, 0.29) is 11.3 Å². The quantitative estimate of drug-likeness (QED) is 0.918. The van der Waals surface area contributed by atoms with Gasteiger partial charge < -0.3 is 5.32 Å². The van der Waals surface area contributed by atoms with Crippen molar-refractivity contribution < 1.29 is 22.0 Å². The molecule has 0 saturated carbocycles. The van der Waals surface area contributed by atoms with E-state index in [0.29, 0.717) is 17.3 Å². The summed E-state index contributed by atoms with van der Waals surface area (Å²) in [5.74, 6) is -2.29. The average molecular weight is 354 g/mol. The molecule has 0 fully saturated rings. The van der Waals surface area contributed by atoms with E-state index >= 15 is 0 Å². The van der Waals surface area contributed by atoms with Gasteiger partial charge in [0.15, 0.2) is 0 Å². The van der Waals surface area contributed by atoms with Gasteiger partial charge in [0.05, 0.1) is 17.6 Å². The predicted molar refractivity (Wildman–Crippen MR) is 88.7 cm³/mol. The number of nitrogens with zero attached hydrogens (tertiary/aromatic N) is 1. The monoisotopic (exact) mass is 354 g/mol. The van der Waals surface area contributed by atoms with E-state index in [1.807, 2.05) is 0 Å². The van der Waals surface area contributed by atoms with Crippen molar-refractivity contribution >= 4 is 27.3 Å². The summed E-state index contributed by atoms with van der Waals surface area (Å²) in [7, 11) is -2.12. The Hall–Kier alpha value is -2.48. The average Bonchev–Trinajstić information content (AvgIpc) is 2.49. The van der Waals surface area contributed by atoms with E-state index in [0.717, 1.165) is 22.7 Å². The van der Waals surface area contributed by atoms with Crippen molar-refractivity contribution in [3.8, 4) is 0 Å². The Morgan fingerprint density at radius 2 is 1.79 bits per heavy atom. The minimum Gasteiger partial charge on any atom is -0.319 e. The smallest absolute Gasteiger partial charge is 0.255 e. The SMILES string of the molecule is Cc1ccc(C(=O)Nc2ccc(F)cc2F)cc1N(C)S(C)(=O)=O. The summed E-state index contributed by atoms with van der Waals surface area (Å²) in [5, 5.41) is 2.33. The van der Waals surface area contributed by atoms with Crippen LogP contribution >= 0.6 is 0 Å². The van der Waals surface area contributed by atoms with E-state index in [9.17, 15) is 22.0 Å². The molecule has 128 valence electrons. The highest BCUT2D eigenvalue weighted by atomic mass is 32.2. The van der Waals surface area contributed by atoms with Gasteiger partial charge in [-0.3, -0.25) is 9.10 Å². The van der Waals surface area contributed by atoms with Crippen molar-refractivity contribution in [2.45, 2.75) is 6.92 Å². The number of benzene rings is 2. The molecule has 1 N–H and O–H groups in total. The summed E-state index contributed by atoms with van der Waals surface area (Å²) in [6.45, 7) is 1.71. The number of hydrogen-bond acceptors (Lipinski definition) is 3. The zero-order chi connectivity index (χ0) is 18.1. The summed E-state index contributed by atoms with van der Waals surface area (Å²) in [5.41, 5.74) is 0.979. The lowest BCUT2D eigenvalue weighted by atomic mass is 10.1. The number of carbonyl (C=O) groups excluding carboxylic acids is 1. The number of amides is 1. The van der Waals surface area contributed by atoms with Crippen LogP contribution in [-0.4, -0.2) is 27.6 Å². The number of rotatable bonds is 4. The molecule has 2 aromatic rings. The van der Waals surface area contributed by atoms with Gasteiger partial charge in [-0.2, -0.15) is 0 Å². The van der Waals surface area contributed by atoms with Crippen LogP contribution in [0.2, 0.25) is 0 Å². The molecule has 8 heteroatoms. The zero-order valence-electron chi connectivity index (χ0n) is 13.3. The zero-order valence-corrected chi connectivity index (χ0v) is 14.1. The van der Waals surface area contributed by atoms with Crippen LogP contribution in [0.25, 0.3) is 0 Å². The topological polar surface area (TPSA) is 66.5 Å². The highest BCUT2D eigenvalue weighted by molar-refractivity contribution is 7.92. The van der Waals surface area contributed by atoms with Crippen molar-refractivity contribution in [3.63, 3.8) is 0 Å². The first-order valence-corrected chi connectivity index (χ1v) is 8.75. The Kier molecular flexibility index (Phi) is 4.88. The second-order valence-corrected chi connectivity index (χ2v) is 7.32. The maximum Gasteiger partial charge on any atom is 0.255 e. The van der Waals surface area contributed by atoms with Crippen molar-refractivity contribution in [2.75, 3.05) is 22.9 Å². The summed E-state index contributed by atoms with van der Waals surface area (Å²) >= 11 is 0. The number of nitrogens with one attached hydrogen (secondary N) is 1. The summed E-state index contributed by atoms with van der Waals surface area (Å²) in [6, 6.07) is 7.27. The first kappa shape index (κ1) is 17.9. The van der Waals surface area contributed by atoms with Gasteiger partial charge in [-0.15, -0.1) is 0 Å². The van der Waals surface area contributed by atoms with Gasteiger partial charge in [-0.05, 0) is 36.8 Å². The van der Waals surface area contributed by atoms with Gasteiger partial charge in [-0.1, -0.05) is 6.07 Å². The van der Waals surface area contributed by atoms with E-state index in [4.69, 9.17) is 0 Å². The molecule has 0 aliphatic heterocycles. The molecule has 0 atom stereocenters. The molecule has 0 radical (unpaired) electrons. The Balaban J connectivity index is 2.33. The lowest BCUT2D eigenvalue weighted by Crippen LogP contribution is -2.26. The second-order valence-electron chi connectivity index (χ2n) is 5.31. The largest absolute Gasteiger partial charge is 0.319 e. The predicted octanol–water partition coefficient (Wildman–Crippen LogP) is 2.92. The van der Waals surface area contributed by atoms with Gasteiger partial charge in [0.1, 0.15) is 11.6 Å². The van der Waals surface area contributed by atoms with Crippen LogP contribution in [0, 0.1) is 18.6 Å². The molecule has 24 heavy (non-hydrogen) atoms. The molecule has 0 aliphatic carbocycles. The third kappa shape index (κ3) is 3.88. The molecule has 2 rings (SSSR count). The van der Waals surface area contributed by atoms with Crippen molar-refractivity contribution in [2.24, 2.45) is 0 Å². The minimum absolute atomic E-state index is 0.148. The van der Waals surface area contributed by atoms with Crippen LogP contribution in [0.5, 0.6) is 0 Å². The molecule has 0 aromatic heterocycles. The van der Waals surface area contributed by atoms with Crippen molar-refractivity contribution in [3.05, 3.63) is 59.2 Å². The Morgan fingerprint density at radius 3 is 2.38 bits per heavy atom. The maximum atomic E-state index is 13.6. The fourth-order valence-corrected chi connectivity index (χ4v) is 2.61. The first-order chi connectivity index (χ1) is 11.1. The Bertz CT molecular complexity index is 898. The molecule has 2 aromatic carbocycles. The number of aryl methyl sites for hydroxylation is 1. The van der Waals surface area contributed by atoms with Crippen molar-refractivity contribution in [1.29, 1.82) is 0 Å². The molecular weight excluding hydrogens is 338 g/mol. The third-order valence-electron chi connectivity index (χ3n) is 3.49. The Morgan fingerprint density at radius 1 is 1.12 bits per heavy atom. The molecule has 0 aliphatic rings. The molecular formula is C16H16F2N2O3S. The molecule has 0 saturated heterocycles. The highest BCUT2D eigenvalue weighted by Crippen LogP contribution is 2.24. The molecule has 0 unspecified atom stereocenters. The van der Waals surface area contributed by atoms with E-state index in [1.54, 1.807) is 13.0 Å². The van der Waals surface area contributed by atoms with Crippen LogP contribution in [0.15, 0.2) is 36.4 Å². The molecule has 5 nitrogen and oxygen atoms in total. The number of carbonyl (C=O) groups is 1. The van der Waals surface area contributed by atoms with Gasteiger partial charge >= 0.3 is 0 Å². The van der Waals surface area contributed by atoms with Gasteiger partial charge in [-0.25, -0.2) is 17.2 Å². The highest BCUT2D eigenvalue weighted by Gasteiger charge is 2.17. The first-order valence-electron chi connectivity index (χ1n) is 6.90. The number of sulfonamides is 1. The van der Waals surface area contributed by atoms with Crippen LogP contribution < -0.4 is 9.62 Å². The fraction of sp³-hybridized carbons (Fsp3) is 0.188. The summed E-state index contributed by atoms with van der Waals surface area (Å²) in [6.07, 6.45) is 1.05. The third-order valence-corrected chi connectivity index (χ3v) is 4.68. The van der Waals surface area contributed by atoms with E-state index in [2.05, 4.69) is 5.32 Å². The summed E-state index contributed by atoms with van der Waals surface area (Å²) < 4.78 is 50.9. The lowest BCUT2D eigenvalue weighted by molar-refractivity contribution is 0.102. The fourth-order valence-electron chi connectivity index (χ4n) is 2.05.